The van der Waals surface area contributed by atoms with Crippen molar-refractivity contribution in [1.29, 1.82) is 0 Å². The Morgan fingerprint density at radius 3 is 2.70 bits per heavy atom. The Morgan fingerprint density at radius 1 is 1.26 bits per heavy atom. The smallest absolute Gasteiger partial charge is 0.125 e. The quantitative estimate of drug-likeness (QED) is 0.902. The van der Waals surface area contributed by atoms with Gasteiger partial charge in [-0.1, -0.05) is 6.42 Å². The number of halogens is 2. The highest BCUT2D eigenvalue weighted by molar-refractivity contribution is 5.85. The van der Waals surface area contributed by atoms with Crippen molar-refractivity contribution in [2.45, 2.75) is 31.8 Å². The van der Waals surface area contributed by atoms with Crippen LogP contribution in [0.2, 0.25) is 0 Å². The van der Waals surface area contributed by atoms with Crippen molar-refractivity contribution < 1.29 is 9.13 Å². The molecule has 1 aliphatic heterocycles. The van der Waals surface area contributed by atoms with E-state index < -0.39 is 5.60 Å². The molecular weight excluding hydrogens is 319 g/mol. The lowest BCUT2D eigenvalue weighted by molar-refractivity contribution is -0.160. The second-order valence-corrected chi connectivity index (χ2v) is 6.35. The van der Waals surface area contributed by atoms with Gasteiger partial charge >= 0.3 is 0 Å². The Bertz CT molecular complexity index is 670. The first-order chi connectivity index (χ1) is 10.8. The van der Waals surface area contributed by atoms with E-state index in [9.17, 15) is 4.39 Å². The van der Waals surface area contributed by atoms with E-state index in [1.165, 1.54) is 12.5 Å². The van der Waals surface area contributed by atoms with Crippen molar-refractivity contribution in [3.8, 4) is 0 Å². The van der Waals surface area contributed by atoms with E-state index in [4.69, 9.17) is 4.74 Å². The minimum absolute atomic E-state index is 0. The topological polar surface area (TPSA) is 62.8 Å². The molecule has 0 radical (unpaired) electrons. The summed E-state index contributed by atoms with van der Waals surface area (Å²) >= 11 is 0. The number of hydrogen-bond acceptors (Lipinski definition) is 4. The van der Waals surface area contributed by atoms with Gasteiger partial charge < -0.3 is 10.1 Å². The van der Waals surface area contributed by atoms with Crippen molar-refractivity contribution in [3.63, 3.8) is 0 Å². The number of aromatic nitrogens is 3. The van der Waals surface area contributed by atoms with Gasteiger partial charge in [-0.15, -0.1) is 12.4 Å². The van der Waals surface area contributed by atoms with Gasteiger partial charge in [-0.3, -0.25) is 0 Å². The average Bonchev–Trinajstić information content (AvgIpc) is 2.94. The zero-order chi connectivity index (χ0) is 15.2. The summed E-state index contributed by atoms with van der Waals surface area (Å²) in [6.07, 6.45) is 3.40. The average molecular weight is 341 g/mol. The predicted octanol–water partition coefficient (Wildman–Crippen LogP) is 2.77. The van der Waals surface area contributed by atoms with Crippen LogP contribution in [0.3, 0.4) is 0 Å². The molecule has 0 spiro atoms. The second-order valence-electron chi connectivity index (χ2n) is 6.35. The van der Waals surface area contributed by atoms with Gasteiger partial charge in [-0.25, -0.2) is 4.39 Å². The monoisotopic (exact) mass is 340 g/mol. The van der Waals surface area contributed by atoms with Crippen molar-refractivity contribution in [1.82, 2.24) is 20.7 Å². The molecule has 2 unspecified atom stereocenters. The summed E-state index contributed by atoms with van der Waals surface area (Å²) < 4.78 is 20.5. The molecule has 126 valence electrons. The largest absolute Gasteiger partial charge is 0.370 e. The van der Waals surface area contributed by atoms with E-state index >= 15 is 0 Å². The fourth-order valence-electron chi connectivity index (χ4n) is 4.52. The molecule has 5 nitrogen and oxygen atoms in total. The summed E-state index contributed by atoms with van der Waals surface area (Å²) in [5.41, 5.74) is 1.74. The summed E-state index contributed by atoms with van der Waals surface area (Å²) in [7, 11) is 0. The van der Waals surface area contributed by atoms with E-state index in [2.05, 4.69) is 20.7 Å². The number of nitrogens with one attached hydrogen (secondary N) is 2. The highest BCUT2D eigenvalue weighted by Crippen LogP contribution is 2.51. The molecule has 4 rings (SSSR count). The Balaban J connectivity index is 0.00000156. The lowest BCUT2D eigenvalue weighted by Gasteiger charge is -2.53. The SMILES string of the molecule is CCOC1(c2cc(F)cc3n[nH]nc23)C2CCCC1CNC2.Cl. The van der Waals surface area contributed by atoms with E-state index in [-0.39, 0.29) is 18.2 Å². The number of ether oxygens (including phenoxy) is 1. The summed E-state index contributed by atoms with van der Waals surface area (Å²) in [6, 6.07) is 3.04. The zero-order valence-electron chi connectivity index (χ0n) is 13.1. The number of hydrogen-bond donors (Lipinski definition) is 2. The van der Waals surface area contributed by atoms with Crippen LogP contribution >= 0.6 is 12.4 Å². The molecule has 1 saturated heterocycles. The third-order valence-electron chi connectivity index (χ3n) is 5.29. The highest BCUT2D eigenvalue weighted by Gasteiger charge is 2.53. The molecule has 2 N–H and O–H groups in total. The van der Waals surface area contributed by atoms with E-state index in [0.717, 1.165) is 37.0 Å². The number of H-pyrrole nitrogens is 1. The molecule has 2 atom stereocenters. The number of nitrogens with zero attached hydrogens (tertiary/aromatic N) is 2. The van der Waals surface area contributed by atoms with Gasteiger partial charge in [0.15, 0.2) is 0 Å². The van der Waals surface area contributed by atoms with Crippen LogP contribution in [0.15, 0.2) is 12.1 Å². The first-order valence-electron chi connectivity index (χ1n) is 8.11. The number of benzene rings is 1. The summed E-state index contributed by atoms with van der Waals surface area (Å²) in [4.78, 5) is 0. The van der Waals surface area contributed by atoms with Crippen LogP contribution in [-0.2, 0) is 10.3 Å². The van der Waals surface area contributed by atoms with Gasteiger partial charge in [0.1, 0.15) is 22.5 Å². The fourth-order valence-corrected chi connectivity index (χ4v) is 4.52. The normalized spacial score (nSPS) is 30.2. The lowest BCUT2D eigenvalue weighted by Crippen LogP contribution is -2.58. The van der Waals surface area contributed by atoms with Crippen LogP contribution in [0.5, 0.6) is 0 Å². The van der Waals surface area contributed by atoms with Crippen LogP contribution < -0.4 is 5.32 Å². The summed E-state index contributed by atoms with van der Waals surface area (Å²) in [5.74, 6) is 0.426. The Kier molecular flexibility index (Phi) is 4.58. The molecule has 1 aromatic carbocycles. The maximum atomic E-state index is 14.2. The Labute approximate surface area is 140 Å². The van der Waals surface area contributed by atoms with Gasteiger partial charge in [0, 0.05) is 43.2 Å². The highest BCUT2D eigenvalue weighted by atomic mass is 35.5. The van der Waals surface area contributed by atoms with Gasteiger partial charge in [0.25, 0.3) is 0 Å². The van der Waals surface area contributed by atoms with Gasteiger partial charge in [-0.2, -0.15) is 15.4 Å². The number of aromatic amines is 1. The van der Waals surface area contributed by atoms with Crippen LogP contribution in [0.4, 0.5) is 4.39 Å². The molecule has 1 saturated carbocycles. The minimum atomic E-state index is -0.449. The molecule has 23 heavy (non-hydrogen) atoms. The first kappa shape index (κ1) is 16.6. The Hall–Kier alpha value is -1.24. The third kappa shape index (κ3) is 2.44. The molecule has 0 amide bonds. The van der Waals surface area contributed by atoms with Crippen LogP contribution in [-0.4, -0.2) is 35.1 Å². The molecule has 2 fully saturated rings. The van der Waals surface area contributed by atoms with Crippen molar-refractivity contribution in [2.75, 3.05) is 19.7 Å². The number of fused-ring (bicyclic) bond motifs is 3. The second kappa shape index (κ2) is 6.34. The number of piperidine rings is 1. The molecule has 7 heteroatoms. The number of rotatable bonds is 3. The van der Waals surface area contributed by atoms with Gasteiger partial charge in [-0.05, 0) is 25.8 Å². The van der Waals surface area contributed by atoms with E-state index in [0.29, 0.717) is 24.0 Å². The van der Waals surface area contributed by atoms with Crippen LogP contribution in [0.1, 0.15) is 31.7 Å². The van der Waals surface area contributed by atoms with E-state index in [1.54, 1.807) is 6.07 Å². The van der Waals surface area contributed by atoms with Gasteiger partial charge in [0.05, 0.1) is 0 Å². The predicted molar refractivity (Wildman–Crippen MR) is 88.1 cm³/mol. The van der Waals surface area contributed by atoms with Crippen LogP contribution in [0.25, 0.3) is 11.0 Å². The molecule has 2 bridgehead atoms. The van der Waals surface area contributed by atoms with Crippen molar-refractivity contribution >= 4 is 23.4 Å². The van der Waals surface area contributed by atoms with Crippen molar-refractivity contribution in [2.24, 2.45) is 11.8 Å². The molecule has 1 aliphatic carbocycles. The van der Waals surface area contributed by atoms with Crippen molar-refractivity contribution in [3.05, 3.63) is 23.5 Å². The Morgan fingerprint density at radius 2 is 2.00 bits per heavy atom. The molecular formula is C16H22ClFN4O. The summed E-state index contributed by atoms with van der Waals surface area (Å²) in [5, 5.41) is 14.5. The van der Waals surface area contributed by atoms with E-state index in [1.807, 2.05) is 6.92 Å². The minimum Gasteiger partial charge on any atom is -0.370 e. The standard InChI is InChI=1S/C16H21FN4O.ClH/c1-2-22-16(10-4-3-5-11(16)9-18-8-10)13-6-12(17)7-14-15(13)20-21-19-14;/h6-7,10-11,18H,2-5,8-9H2,1H3,(H,19,20,21);1H. The summed E-state index contributed by atoms with van der Waals surface area (Å²) in [6.45, 7) is 4.44. The van der Waals surface area contributed by atoms with Crippen LogP contribution in [0, 0.1) is 17.7 Å². The molecule has 2 aliphatic rings. The maximum Gasteiger partial charge on any atom is 0.125 e. The molecule has 2 aromatic rings. The van der Waals surface area contributed by atoms with Gasteiger partial charge in [0.2, 0.25) is 0 Å². The molecule has 1 aromatic heterocycles. The zero-order valence-corrected chi connectivity index (χ0v) is 14.0. The maximum absolute atomic E-state index is 14.2. The lowest BCUT2D eigenvalue weighted by atomic mass is 9.62. The first-order valence-corrected chi connectivity index (χ1v) is 8.11. The molecule has 2 heterocycles. The fraction of sp³-hybridized carbons (Fsp3) is 0.625. The third-order valence-corrected chi connectivity index (χ3v) is 5.29.